The molecular formula is C9H18O. The van der Waals surface area contributed by atoms with Gasteiger partial charge in [-0.2, -0.15) is 0 Å². The van der Waals surface area contributed by atoms with E-state index < -0.39 is 0 Å². The lowest BCUT2D eigenvalue weighted by atomic mass is 9.87. The van der Waals surface area contributed by atoms with Gasteiger partial charge in [-0.1, -0.05) is 26.0 Å². The van der Waals surface area contributed by atoms with Crippen LogP contribution in [0.5, 0.6) is 0 Å². The van der Waals surface area contributed by atoms with Gasteiger partial charge in [-0.25, -0.2) is 0 Å². The zero-order valence-electron chi connectivity index (χ0n) is 7.39. The fourth-order valence-corrected chi connectivity index (χ4v) is 0.867. The summed E-state index contributed by atoms with van der Waals surface area (Å²) in [6, 6.07) is 0. The minimum absolute atomic E-state index is 0.230. The lowest BCUT2D eigenvalue weighted by Gasteiger charge is -2.22. The summed E-state index contributed by atoms with van der Waals surface area (Å²) in [7, 11) is 0. The van der Waals surface area contributed by atoms with Gasteiger partial charge in [-0.3, -0.25) is 0 Å². The predicted molar refractivity (Wildman–Crippen MR) is 44.8 cm³/mol. The molecule has 0 aromatic carbocycles. The fraction of sp³-hybridized carbons (Fsp3) is 0.778. The average Bonchev–Trinajstić information content (AvgIpc) is 1.84. The van der Waals surface area contributed by atoms with Crippen LogP contribution in [0.15, 0.2) is 12.2 Å². The normalized spacial score (nSPS) is 19.7. The molecule has 0 aliphatic heterocycles. The molecule has 0 heterocycles. The Hall–Kier alpha value is -0.300. The summed E-state index contributed by atoms with van der Waals surface area (Å²) in [5, 5.41) is 9.20. The van der Waals surface area contributed by atoms with Crippen molar-refractivity contribution in [2.24, 2.45) is 11.8 Å². The number of hydrogen-bond acceptors (Lipinski definition) is 1. The van der Waals surface area contributed by atoms with Gasteiger partial charge in [0.2, 0.25) is 0 Å². The highest BCUT2D eigenvalue weighted by molar-refractivity contribution is 4.96. The van der Waals surface area contributed by atoms with E-state index in [1.165, 1.54) is 0 Å². The molecule has 0 aliphatic carbocycles. The SMILES string of the molecule is C=C(C)C(C)C(C)C(C)O. The second-order valence-electron chi connectivity index (χ2n) is 3.23. The number of aliphatic hydroxyl groups excluding tert-OH is 1. The third-order valence-electron chi connectivity index (χ3n) is 2.33. The first-order valence-corrected chi connectivity index (χ1v) is 3.80. The van der Waals surface area contributed by atoms with Gasteiger partial charge in [0.05, 0.1) is 6.10 Å². The maximum absolute atomic E-state index is 9.20. The van der Waals surface area contributed by atoms with Crippen LogP contribution in [0.25, 0.3) is 0 Å². The molecule has 1 N–H and O–H groups in total. The van der Waals surface area contributed by atoms with Gasteiger partial charge in [0.15, 0.2) is 0 Å². The highest BCUT2D eigenvalue weighted by atomic mass is 16.3. The number of allylic oxidation sites excluding steroid dienone is 1. The Bertz CT molecular complexity index is 116. The predicted octanol–water partition coefficient (Wildman–Crippen LogP) is 2.22. The van der Waals surface area contributed by atoms with Gasteiger partial charge in [-0.05, 0) is 25.7 Å². The van der Waals surface area contributed by atoms with Gasteiger partial charge in [0.1, 0.15) is 0 Å². The van der Waals surface area contributed by atoms with E-state index in [-0.39, 0.29) is 6.10 Å². The molecule has 0 aliphatic rings. The molecule has 60 valence electrons. The molecule has 0 saturated carbocycles. The molecule has 0 saturated heterocycles. The van der Waals surface area contributed by atoms with E-state index in [0.717, 1.165) is 5.57 Å². The summed E-state index contributed by atoms with van der Waals surface area (Å²) in [4.78, 5) is 0. The van der Waals surface area contributed by atoms with E-state index in [1.807, 2.05) is 20.8 Å². The Labute approximate surface area is 63.8 Å². The Morgan fingerprint density at radius 3 is 1.80 bits per heavy atom. The second-order valence-corrected chi connectivity index (χ2v) is 3.23. The zero-order chi connectivity index (χ0) is 8.31. The van der Waals surface area contributed by atoms with Gasteiger partial charge < -0.3 is 5.11 Å². The Balaban J connectivity index is 3.94. The molecule has 0 fully saturated rings. The average molecular weight is 142 g/mol. The van der Waals surface area contributed by atoms with Gasteiger partial charge in [0.25, 0.3) is 0 Å². The highest BCUT2D eigenvalue weighted by Crippen LogP contribution is 2.20. The van der Waals surface area contributed by atoms with Crippen molar-refractivity contribution in [3.63, 3.8) is 0 Å². The summed E-state index contributed by atoms with van der Waals surface area (Å²) in [6.45, 7) is 11.8. The smallest absolute Gasteiger partial charge is 0.0543 e. The van der Waals surface area contributed by atoms with Crippen molar-refractivity contribution in [2.75, 3.05) is 0 Å². The number of hydrogen-bond donors (Lipinski definition) is 1. The van der Waals surface area contributed by atoms with E-state index >= 15 is 0 Å². The molecule has 0 radical (unpaired) electrons. The molecule has 3 unspecified atom stereocenters. The molecule has 0 amide bonds. The monoisotopic (exact) mass is 142 g/mol. The van der Waals surface area contributed by atoms with Crippen molar-refractivity contribution in [3.05, 3.63) is 12.2 Å². The molecule has 10 heavy (non-hydrogen) atoms. The van der Waals surface area contributed by atoms with E-state index in [9.17, 15) is 5.11 Å². The largest absolute Gasteiger partial charge is 0.393 e. The molecular weight excluding hydrogens is 124 g/mol. The van der Waals surface area contributed by atoms with Gasteiger partial charge in [-0.15, -0.1) is 0 Å². The van der Waals surface area contributed by atoms with Crippen LogP contribution in [0.2, 0.25) is 0 Å². The lowest BCUT2D eigenvalue weighted by molar-refractivity contribution is 0.113. The quantitative estimate of drug-likeness (QED) is 0.599. The van der Waals surface area contributed by atoms with Gasteiger partial charge >= 0.3 is 0 Å². The molecule has 3 atom stereocenters. The van der Waals surface area contributed by atoms with Crippen LogP contribution in [0.1, 0.15) is 27.7 Å². The Morgan fingerprint density at radius 2 is 1.70 bits per heavy atom. The van der Waals surface area contributed by atoms with Crippen LogP contribution in [0, 0.1) is 11.8 Å². The minimum Gasteiger partial charge on any atom is -0.393 e. The maximum Gasteiger partial charge on any atom is 0.0543 e. The van der Waals surface area contributed by atoms with E-state index in [4.69, 9.17) is 0 Å². The lowest BCUT2D eigenvalue weighted by Crippen LogP contribution is -2.21. The van der Waals surface area contributed by atoms with Crippen LogP contribution in [0.4, 0.5) is 0 Å². The third-order valence-corrected chi connectivity index (χ3v) is 2.33. The fourth-order valence-electron chi connectivity index (χ4n) is 0.867. The van der Waals surface area contributed by atoms with E-state index in [0.29, 0.717) is 11.8 Å². The standard InChI is InChI=1S/C9H18O/c1-6(2)7(3)8(4)9(5)10/h7-10H,1H2,2-5H3. The molecule has 1 nitrogen and oxygen atoms in total. The second kappa shape index (κ2) is 3.77. The summed E-state index contributed by atoms with van der Waals surface area (Å²) < 4.78 is 0. The first-order chi connectivity index (χ1) is 4.46. The number of aliphatic hydroxyl groups is 1. The summed E-state index contributed by atoms with van der Waals surface area (Å²) in [5.74, 6) is 0.734. The van der Waals surface area contributed by atoms with Gasteiger partial charge in [0, 0.05) is 0 Å². The Morgan fingerprint density at radius 1 is 1.30 bits per heavy atom. The van der Waals surface area contributed by atoms with E-state index in [1.54, 1.807) is 0 Å². The summed E-state index contributed by atoms with van der Waals surface area (Å²) in [5.41, 5.74) is 1.15. The molecule has 0 rings (SSSR count). The van der Waals surface area contributed by atoms with Crippen LogP contribution in [0.3, 0.4) is 0 Å². The topological polar surface area (TPSA) is 20.2 Å². The minimum atomic E-state index is -0.230. The molecule has 0 bridgehead atoms. The maximum atomic E-state index is 9.20. The van der Waals surface area contributed by atoms with Crippen LogP contribution >= 0.6 is 0 Å². The first kappa shape index (κ1) is 9.70. The van der Waals surface area contributed by atoms with Crippen molar-refractivity contribution < 1.29 is 5.11 Å². The van der Waals surface area contributed by atoms with Crippen LogP contribution in [-0.2, 0) is 0 Å². The molecule has 0 aromatic heterocycles. The Kier molecular flexibility index (Phi) is 3.66. The van der Waals surface area contributed by atoms with E-state index in [2.05, 4.69) is 13.5 Å². The van der Waals surface area contributed by atoms with Crippen LogP contribution in [-0.4, -0.2) is 11.2 Å². The van der Waals surface area contributed by atoms with Crippen molar-refractivity contribution in [1.82, 2.24) is 0 Å². The first-order valence-electron chi connectivity index (χ1n) is 3.80. The molecule has 0 aromatic rings. The van der Waals surface area contributed by atoms with Crippen molar-refractivity contribution >= 4 is 0 Å². The van der Waals surface area contributed by atoms with Crippen molar-refractivity contribution in [3.8, 4) is 0 Å². The molecule has 0 spiro atoms. The third kappa shape index (κ3) is 2.53. The number of rotatable bonds is 3. The van der Waals surface area contributed by atoms with Crippen molar-refractivity contribution in [2.45, 2.75) is 33.8 Å². The van der Waals surface area contributed by atoms with Crippen molar-refractivity contribution in [1.29, 1.82) is 0 Å². The summed E-state index contributed by atoms with van der Waals surface area (Å²) >= 11 is 0. The zero-order valence-corrected chi connectivity index (χ0v) is 7.39. The molecule has 1 heteroatoms. The highest BCUT2D eigenvalue weighted by Gasteiger charge is 2.16. The van der Waals surface area contributed by atoms with Crippen LogP contribution < -0.4 is 0 Å². The summed E-state index contributed by atoms with van der Waals surface area (Å²) in [6.07, 6.45) is -0.230.